The Kier molecular flexibility index (Phi) is 4.78. The Morgan fingerprint density at radius 2 is 2.09 bits per heavy atom. The van der Waals surface area contributed by atoms with Crippen molar-refractivity contribution in [2.45, 2.75) is 19.8 Å². The number of nitrogens with zero attached hydrogens (tertiary/aromatic N) is 3. The zero-order valence-electron chi connectivity index (χ0n) is 12.7. The molecule has 0 radical (unpaired) electrons. The van der Waals surface area contributed by atoms with Crippen molar-refractivity contribution in [1.82, 2.24) is 9.97 Å². The predicted molar refractivity (Wildman–Crippen MR) is 88.7 cm³/mol. The second kappa shape index (κ2) is 6.97. The van der Waals surface area contributed by atoms with Gasteiger partial charge in [0.1, 0.15) is 16.6 Å². The first-order valence-electron chi connectivity index (χ1n) is 7.62. The molecule has 4 nitrogen and oxygen atoms in total. The molecule has 1 saturated heterocycles. The molecule has 1 aliphatic heterocycles. The molecule has 0 N–H and O–H groups in total. The Labute approximate surface area is 136 Å². The van der Waals surface area contributed by atoms with Crippen LogP contribution in [-0.4, -0.2) is 29.7 Å². The summed E-state index contributed by atoms with van der Waals surface area (Å²) in [6, 6.07) is 5.99. The third-order valence-electron chi connectivity index (χ3n) is 4.05. The van der Waals surface area contributed by atoms with Crippen molar-refractivity contribution in [2.75, 3.05) is 24.6 Å². The van der Waals surface area contributed by atoms with Gasteiger partial charge in [-0.15, -0.1) is 0 Å². The Hall–Kier alpha value is -1.81. The third kappa shape index (κ3) is 3.69. The lowest BCUT2D eigenvalue weighted by Gasteiger charge is -2.32. The fourth-order valence-electron chi connectivity index (χ4n) is 2.71. The fourth-order valence-corrected chi connectivity index (χ4v) is 2.88. The maximum atomic E-state index is 6.06. The minimum absolute atomic E-state index is 0.560. The SMILES string of the molecule is Cc1ccnc(N2CCC(COc3ccncc3Cl)CC2)c1. The van der Waals surface area contributed by atoms with Crippen LogP contribution in [0.2, 0.25) is 5.02 Å². The Balaban J connectivity index is 1.51. The quantitative estimate of drug-likeness (QED) is 0.861. The number of halogens is 1. The van der Waals surface area contributed by atoms with Crippen molar-refractivity contribution >= 4 is 17.4 Å². The van der Waals surface area contributed by atoms with Gasteiger partial charge in [0, 0.05) is 37.7 Å². The number of hydrogen-bond acceptors (Lipinski definition) is 4. The lowest BCUT2D eigenvalue weighted by atomic mass is 9.98. The van der Waals surface area contributed by atoms with Crippen molar-refractivity contribution in [2.24, 2.45) is 5.92 Å². The van der Waals surface area contributed by atoms with Crippen molar-refractivity contribution in [3.8, 4) is 5.75 Å². The summed E-state index contributed by atoms with van der Waals surface area (Å²) in [5.74, 6) is 2.36. The van der Waals surface area contributed by atoms with Crippen LogP contribution in [-0.2, 0) is 0 Å². The molecule has 0 unspecified atom stereocenters. The number of hydrogen-bond donors (Lipinski definition) is 0. The molecule has 3 heterocycles. The molecule has 1 fully saturated rings. The standard InChI is InChI=1S/C17H20ClN3O/c1-13-2-7-20-17(10-13)21-8-4-14(5-9-21)12-22-16-3-6-19-11-15(16)18/h2-3,6-7,10-11,14H,4-5,8-9,12H2,1H3. The van der Waals surface area contributed by atoms with E-state index < -0.39 is 0 Å². The molecule has 0 aliphatic carbocycles. The van der Waals surface area contributed by atoms with Gasteiger partial charge in [0.25, 0.3) is 0 Å². The molecule has 1 aliphatic rings. The van der Waals surface area contributed by atoms with Crippen molar-refractivity contribution in [3.63, 3.8) is 0 Å². The summed E-state index contributed by atoms with van der Waals surface area (Å²) in [4.78, 5) is 10.8. The molecule has 0 saturated carbocycles. The van der Waals surface area contributed by atoms with Crippen LogP contribution in [0.15, 0.2) is 36.8 Å². The highest BCUT2D eigenvalue weighted by Gasteiger charge is 2.21. The van der Waals surface area contributed by atoms with E-state index in [-0.39, 0.29) is 0 Å². The van der Waals surface area contributed by atoms with Crippen LogP contribution in [0.5, 0.6) is 5.75 Å². The number of anilines is 1. The van der Waals surface area contributed by atoms with Crippen LogP contribution in [0.4, 0.5) is 5.82 Å². The lowest BCUT2D eigenvalue weighted by Crippen LogP contribution is -2.36. The molecule has 0 aromatic carbocycles. The summed E-state index contributed by atoms with van der Waals surface area (Å²) in [6.45, 7) is 4.85. The number of rotatable bonds is 4. The van der Waals surface area contributed by atoms with Gasteiger partial charge in [0.2, 0.25) is 0 Å². The second-order valence-corrected chi connectivity index (χ2v) is 6.15. The molecule has 2 aromatic heterocycles. The van der Waals surface area contributed by atoms with E-state index in [1.807, 2.05) is 18.3 Å². The largest absolute Gasteiger partial charge is 0.492 e. The second-order valence-electron chi connectivity index (χ2n) is 5.74. The lowest BCUT2D eigenvalue weighted by molar-refractivity contribution is 0.222. The normalized spacial score (nSPS) is 15.8. The van der Waals surface area contributed by atoms with Crippen LogP contribution < -0.4 is 9.64 Å². The van der Waals surface area contributed by atoms with E-state index in [4.69, 9.17) is 16.3 Å². The van der Waals surface area contributed by atoms with Gasteiger partial charge in [-0.3, -0.25) is 4.98 Å². The van der Waals surface area contributed by atoms with E-state index in [2.05, 4.69) is 27.9 Å². The summed E-state index contributed by atoms with van der Waals surface area (Å²) in [5, 5.41) is 0.573. The molecule has 0 atom stereocenters. The summed E-state index contributed by atoms with van der Waals surface area (Å²) in [7, 11) is 0. The van der Waals surface area contributed by atoms with E-state index in [0.717, 1.165) is 37.5 Å². The Morgan fingerprint density at radius 1 is 1.27 bits per heavy atom. The summed E-state index contributed by atoms with van der Waals surface area (Å²) in [6.07, 6.45) is 7.41. The third-order valence-corrected chi connectivity index (χ3v) is 4.33. The number of piperidine rings is 1. The summed E-state index contributed by atoms with van der Waals surface area (Å²) in [5.41, 5.74) is 1.25. The molecular weight excluding hydrogens is 298 g/mol. The highest BCUT2D eigenvalue weighted by Crippen LogP contribution is 2.26. The molecule has 0 amide bonds. The van der Waals surface area contributed by atoms with Crippen LogP contribution in [0.3, 0.4) is 0 Å². The van der Waals surface area contributed by atoms with Crippen LogP contribution in [0.1, 0.15) is 18.4 Å². The minimum atomic E-state index is 0.560. The average Bonchev–Trinajstić information content (AvgIpc) is 2.55. The first kappa shape index (κ1) is 15.1. The fraction of sp³-hybridized carbons (Fsp3) is 0.412. The van der Waals surface area contributed by atoms with Gasteiger partial charge in [0.05, 0.1) is 6.61 Å². The van der Waals surface area contributed by atoms with Crippen molar-refractivity contribution < 1.29 is 4.74 Å². The first-order chi connectivity index (χ1) is 10.7. The number of aryl methyl sites for hydroxylation is 1. The first-order valence-corrected chi connectivity index (χ1v) is 8.00. The van der Waals surface area contributed by atoms with Gasteiger partial charge >= 0.3 is 0 Å². The van der Waals surface area contributed by atoms with E-state index in [1.165, 1.54) is 5.56 Å². The van der Waals surface area contributed by atoms with Gasteiger partial charge in [0.15, 0.2) is 0 Å². The zero-order chi connectivity index (χ0) is 15.4. The maximum Gasteiger partial charge on any atom is 0.141 e. The van der Waals surface area contributed by atoms with E-state index in [0.29, 0.717) is 17.5 Å². The molecule has 116 valence electrons. The molecule has 3 rings (SSSR count). The molecule has 5 heteroatoms. The predicted octanol–water partition coefficient (Wildman–Crippen LogP) is 3.73. The monoisotopic (exact) mass is 317 g/mol. The van der Waals surface area contributed by atoms with Crippen LogP contribution in [0, 0.1) is 12.8 Å². The van der Waals surface area contributed by atoms with Crippen molar-refractivity contribution in [1.29, 1.82) is 0 Å². The van der Waals surface area contributed by atoms with Gasteiger partial charge in [-0.2, -0.15) is 0 Å². The van der Waals surface area contributed by atoms with Crippen molar-refractivity contribution in [3.05, 3.63) is 47.4 Å². The van der Waals surface area contributed by atoms with E-state index in [1.54, 1.807) is 12.4 Å². The zero-order valence-corrected chi connectivity index (χ0v) is 13.5. The van der Waals surface area contributed by atoms with Gasteiger partial charge in [-0.1, -0.05) is 11.6 Å². The number of pyridine rings is 2. The van der Waals surface area contributed by atoms with Crippen LogP contribution in [0.25, 0.3) is 0 Å². The Bertz CT molecular complexity index is 627. The molecule has 0 spiro atoms. The highest BCUT2D eigenvalue weighted by molar-refractivity contribution is 6.31. The molecule has 22 heavy (non-hydrogen) atoms. The summed E-state index contributed by atoms with van der Waals surface area (Å²) >= 11 is 6.06. The number of aromatic nitrogens is 2. The van der Waals surface area contributed by atoms with Gasteiger partial charge in [-0.25, -0.2) is 4.98 Å². The molecule has 0 bridgehead atoms. The molecular formula is C17H20ClN3O. The maximum absolute atomic E-state index is 6.06. The summed E-state index contributed by atoms with van der Waals surface area (Å²) < 4.78 is 5.83. The van der Waals surface area contributed by atoms with E-state index >= 15 is 0 Å². The molecule has 2 aromatic rings. The topological polar surface area (TPSA) is 38.2 Å². The average molecular weight is 318 g/mol. The van der Waals surface area contributed by atoms with E-state index in [9.17, 15) is 0 Å². The highest BCUT2D eigenvalue weighted by atomic mass is 35.5. The van der Waals surface area contributed by atoms with Gasteiger partial charge < -0.3 is 9.64 Å². The Morgan fingerprint density at radius 3 is 2.82 bits per heavy atom. The smallest absolute Gasteiger partial charge is 0.141 e. The minimum Gasteiger partial charge on any atom is -0.492 e. The van der Waals surface area contributed by atoms with Gasteiger partial charge in [-0.05, 0) is 43.4 Å². The number of ether oxygens (including phenoxy) is 1. The van der Waals surface area contributed by atoms with Crippen LogP contribution >= 0.6 is 11.6 Å².